The Hall–Kier alpha value is -2.93. The summed E-state index contributed by atoms with van der Waals surface area (Å²) >= 11 is 0. The molecule has 0 amide bonds. The molecule has 1 heterocycles. The van der Waals surface area contributed by atoms with Crippen LogP contribution in [0.4, 0.5) is 4.39 Å². The van der Waals surface area contributed by atoms with Crippen molar-refractivity contribution in [2.75, 3.05) is 0 Å². The number of rotatable bonds is 2. The molecular formula is C17H12FN3. The molecule has 0 N–H and O–H groups in total. The third-order valence-corrected chi connectivity index (χ3v) is 3.50. The summed E-state index contributed by atoms with van der Waals surface area (Å²) in [5, 5.41) is 9.15. The van der Waals surface area contributed by atoms with Crippen molar-refractivity contribution in [3.05, 3.63) is 71.8 Å². The summed E-state index contributed by atoms with van der Waals surface area (Å²) in [7, 11) is 1.92. The van der Waals surface area contributed by atoms with E-state index in [1.165, 1.54) is 12.1 Å². The summed E-state index contributed by atoms with van der Waals surface area (Å²) in [6.45, 7) is 4.05. The molecule has 3 aromatic rings. The van der Waals surface area contributed by atoms with Gasteiger partial charge in [-0.15, -0.1) is 0 Å². The van der Waals surface area contributed by atoms with Gasteiger partial charge in [0.2, 0.25) is 0 Å². The smallest absolute Gasteiger partial charge is 0.124 e. The Labute approximate surface area is 121 Å². The number of halogens is 1. The molecule has 2 aromatic carbocycles. The quantitative estimate of drug-likeness (QED) is 0.717. The average Bonchev–Trinajstić information content (AvgIpc) is 2.87. The number of benzene rings is 2. The second kappa shape index (κ2) is 4.88. The highest BCUT2D eigenvalue weighted by Crippen LogP contribution is 2.27. The molecule has 0 radical (unpaired) electrons. The van der Waals surface area contributed by atoms with Crippen molar-refractivity contribution < 1.29 is 4.39 Å². The van der Waals surface area contributed by atoms with Crippen LogP contribution in [0.1, 0.15) is 16.7 Å². The van der Waals surface area contributed by atoms with Gasteiger partial charge in [0.15, 0.2) is 0 Å². The first-order valence-electron chi connectivity index (χ1n) is 6.40. The van der Waals surface area contributed by atoms with Gasteiger partial charge in [0.25, 0.3) is 0 Å². The number of hydrogen-bond acceptors (Lipinski definition) is 2. The van der Waals surface area contributed by atoms with Crippen LogP contribution in [0.2, 0.25) is 0 Å². The number of aryl methyl sites for hydroxylation is 1. The van der Waals surface area contributed by atoms with Gasteiger partial charge in [0.1, 0.15) is 5.82 Å². The lowest BCUT2D eigenvalue weighted by atomic mass is 9.95. The van der Waals surface area contributed by atoms with Crippen molar-refractivity contribution in [3.63, 3.8) is 0 Å². The van der Waals surface area contributed by atoms with Crippen molar-refractivity contribution in [1.29, 1.82) is 5.26 Å². The van der Waals surface area contributed by atoms with Crippen molar-refractivity contribution in [2.45, 2.75) is 0 Å². The summed E-state index contributed by atoms with van der Waals surface area (Å²) in [6.07, 6.45) is 1.75. The maximum atomic E-state index is 13.2. The van der Waals surface area contributed by atoms with Crippen LogP contribution in [0.3, 0.4) is 0 Å². The van der Waals surface area contributed by atoms with Crippen molar-refractivity contribution in [3.8, 4) is 6.07 Å². The van der Waals surface area contributed by atoms with Gasteiger partial charge in [0, 0.05) is 7.05 Å². The average molecular weight is 277 g/mol. The molecule has 0 aliphatic heterocycles. The Morgan fingerprint density at radius 3 is 2.86 bits per heavy atom. The van der Waals surface area contributed by atoms with Gasteiger partial charge in [-0.1, -0.05) is 18.7 Å². The lowest BCUT2D eigenvalue weighted by Gasteiger charge is -2.09. The topological polar surface area (TPSA) is 41.6 Å². The van der Waals surface area contributed by atoms with E-state index < -0.39 is 5.82 Å². The van der Waals surface area contributed by atoms with Gasteiger partial charge in [-0.2, -0.15) is 5.26 Å². The minimum absolute atomic E-state index is 0.283. The molecule has 0 aliphatic rings. The first-order chi connectivity index (χ1) is 10.1. The SMILES string of the molecule is C=C(c1ccc2ncn(C)c2c1)c1ccc(F)cc1C#N. The molecule has 102 valence electrons. The van der Waals surface area contributed by atoms with E-state index in [1.54, 1.807) is 12.4 Å². The van der Waals surface area contributed by atoms with E-state index >= 15 is 0 Å². The predicted molar refractivity (Wildman–Crippen MR) is 80.0 cm³/mol. The molecular weight excluding hydrogens is 265 g/mol. The van der Waals surface area contributed by atoms with Gasteiger partial charge in [-0.3, -0.25) is 0 Å². The summed E-state index contributed by atoms with van der Waals surface area (Å²) < 4.78 is 15.1. The third-order valence-electron chi connectivity index (χ3n) is 3.50. The second-order valence-electron chi connectivity index (χ2n) is 4.84. The van der Waals surface area contributed by atoms with Crippen LogP contribution >= 0.6 is 0 Å². The first kappa shape index (κ1) is 13.1. The minimum Gasteiger partial charge on any atom is -0.334 e. The van der Waals surface area contributed by atoms with Crippen LogP contribution in [0.5, 0.6) is 0 Å². The summed E-state index contributed by atoms with van der Waals surface area (Å²) in [6, 6.07) is 11.9. The Bertz CT molecular complexity index is 900. The molecule has 0 saturated heterocycles. The normalized spacial score (nSPS) is 10.5. The van der Waals surface area contributed by atoms with Crippen molar-refractivity contribution >= 4 is 16.6 Å². The van der Waals surface area contributed by atoms with Crippen LogP contribution in [-0.4, -0.2) is 9.55 Å². The largest absolute Gasteiger partial charge is 0.334 e. The summed E-state index contributed by atoms with van der Waals surface area (Å²) in [5.74, 6) is -0.426. The van der Waals surface area contributed by atoms with Crippen LogP contribution in [0.15, 0.2) is 49.3 Å². The fourth-order valence-electron chi connectivity index (χ4n) is 2.34. The number of nitriles is 1. The standard InChI is InChI=1S/C17H12FN3/c1-11(15-5-4-14(18)7-13(15)9-19)12-3-6-16-17(8-12)21(2)10-20-16/h3-8,10H,1H2,2H3. The molecule has 21 heavy (non-hydrogen) atoms. The van der Waals surface area contributed by atoms with Gasteiger partial charge in [0.05, 0.1) is 29.0 Å². The molecule has 3 nitrogen and oxygen atoms in total. The van der Waals surface area contributed by atoms with Crippen LogP contribution in [0.25, 0.3) is 16.6 Å². The van der Waals surface area contributed by atoms with Crippen molar-refractivity contribution in [1.82, 2.24) is 9.55 Å². The zero-order chi connectivity index (χ0) is 15.0. The monoisotopic (exact) mass is 277 g/mol. The Morgan fingerprint density at radius 2 is 2.10 bits per heavy atom. The molecule has 0 aliphatic carbocycles. The summed E-state index contributed by atoms with van der Waals surface area (Å²) in [5.41, 5.74) is 4.37. The van der Waals surface area contributed by atoms with E-state index in [9.17, 15) is 4.39 Å². The molecule has 0 spiro atoms. The zero-order valence-corrected chi connectivity index (χ0v) is 11.5. The Morgan fingerprint density at radius 1 is 1.29 bits per heavy atom. The highest BCUT2D eigenvalue weighted by molar-refractivity contribution is 5.86. The number of aromatic nitrogens is 2. The lowest BCUT2D eigenvalue weighted by molar-refractivity contribution is 0.627. The van der Waals surface area contributed by atoms with E-state index in [-0.39, 0.29) is 5.56 Å². The third kappa shape index (κ3) is 2.19. The maximum Gasteiger partial charge on any atom is 0.124 e. The molecule has 0 saturated carbocycles. The van der Waals surface area contributed by atoms with Crippen molar-refractivity contribution in [2.24, 2.45) is 7.05 Å². The molecule has 4 heteroatoms. The number of hydrogen-bond donors (Lipinski definition) is 0. The van der Waals surface area contributed by atoms with Crippen LogP contribution < -0.4 is 0 Å². The van der Waals surface area contributed by atoms with Crippen LogP contribution in [0, 0.1) is 17.1 Å². The molecule has 0 fully saturated rings. The second-order valence-corrected chi connectivity index (χ2v) is 4.84. The van der Waals surface area contributed by atoms with Crippen LogP contribution in [-0.2, 0) is 7.05 Å². The highest BCUT2D eigenvalue weighted by atomic mass is 19.1. The van der Waals surface area contributed by atoms with E-state index in [0.717, 1.165) is 16.6 Å². The fraction of sp³-hybridized carbons (Fsp3) is 0.0588. The highest BCUT2D eigenvalue weighted by Gasteiger charge is 2.10. The minimum atomic E-state index is -0.426. The molecule has 1 aromatic heterocycles. The van der Waals surface area contributed by atoms with Gasteiger partial charge < -0.3 is 4.57 Å². The zero-order valence-electron chi connectivity index (χ0n) is 11.5. The van der Waals surface area contributed by atoms with Gasteiger partial charge in [-0.25, -0.2) is 9.37 Å². The lowest BCUT2D eigenvalue weighted by Crippen LogP contribution is -1.93. The molecule has 0 unspecified atom stereocenters. The summed E-state index contributed by atoms with van der Waals surface area (Å²) in [4.78, 5) is 4.27. The Kier molecular flexibility index (Phi) is 3.03. The predicted octanol–water partition coefficient (Wildman–Crippen LogP) is 3.65. The molecule has 3 rings (SSSR count). The van der Waals surface area contributed by atoms with E-state index in [1.807, 2.05) is 35.9 Å². The fourth-order valence-corrected chi connectivity index (χ4v) is 2.34. The molecule has 0 bridgehead atoms. The molecule has 0 atom stereocenters. The number of fused-ring (bicyclic) bond motifs is 1. The maximum absolute atomic E-state index is 13.2. The van der Waals surface area contributed by atoms with E-state index in [4.69, 9.17) is 5.26 Å². The number of nitrogens with zero attached hydrogens (tertiary/aromatic N) is 3. The van der Waals surface area contributed by atoms with Gasteiger partial charge in [-0.05, 0) is 41.0 Å². The van der Waals surface area contributed by atoms with E-state index in [2.05, 4.69) is 11.6 Å². The number of imidazole rings is 1. The first-order valence-corrected chi connectivity index (χ1v) is 6.40. The Balaban J connectivity index is 2.12. The van der Waals surface area contributed by atoms with E-state index in [0.29, 0.717) is 11.1 Å². The van der Waals surface area contributed by atoms with Gasteiger partial charge >= 0.3 is 0 Å².